The molecule has 0 saturated carbocycles. The fourth-order valence-electron chi connectivity index (χ4n) is 1.87. The molecule has 0 aromatic heterocycles. The first-order valence-corrected chi connectivity index (χ1v) is 5.60. The Balaban J connectivity index is 2.17. The molecule has 2 amide bonds. The molecule has 1 fully saturated rings. The summed E-state index contributed by atoms with van der Waals surface area (Å²) in [5, 5.41) is 0. The number of halogens is 1. The molecule has 94 valence electrons. The Kier molecular flexibility index (Phi) is 3.41. The van der Waals surface area contributed by atoms with Crippen molar-refractivity contribution in [1.82, 2.24) is 4.90 Å². The maximum Gasteiger partial charge on any atom is 0.316 e. The number of carbonyl (C=O) groups excluding carboxylic acids is 2. The van der Waals surface area contributed by atoms with Crippen LogP contribution in [0.25, 0.3) is 0 Å². The van der Waals surface area contributed by atoms with Crippen LogP contribution in [0.15, 0.2) is 36.9 Å². The van der Waals surface area contributed by atoms with E-state index < -0.39 is 11.8 Å². The van der Waals surface area contributed by atoms with E-state index in [4.69, 9.17) is 0 Å². The van der Waals surface area contributed by atoms with E-state index in [0.717, 1.165) is 0 Å². The number of piperazine rings is 1. The van der Waals surface area contributed by atoms with E-state index in [1.807, 2.05) is 0 Å². The number of anilines is 1. The third kappa shape index (κ3) is 2.25. The molecule has 1 aromatic rings. The maximum absolute atomic E-state index is 12.8. The van der Waals surface area contributed by atoms with E-state index >= 15 is 0 Å². The highest BCUT2D eigenvalue weighted by Crippen LogP contribution is 2.18. The van der Waals surface area contributed by atoms with Gasteiger partial charge in [0.1, 0.15) is 5.82 Å². The molecule has 0 unspecified atom stereocenters. The van der Waals surface area contributed by atoms with Crippen molar-refractivity contribution in [2.45, 2.75) is 0 Å². The van der Waals surface area contributed by atoms with Gasteiger partial charge in [-0.05, 0) is 24.3 Å². The van der Waals surface area contributed by atoms with Crippen LogP contribution >= 0.6 is 0 Å². The van der Waals surface area contributed by atoms with Crippen LogP contribution in [0.2, 0.25) is 0 Å². The minimum absolute atomic E-state index is 0.363. The van der Waals surface area contributed by atoms with Crippen LogP contribution in [0.3, 0.4) is 0 Å². The van der Waals surface area contributed by atoms with Crippen molar-refractivity contribution in [3.63, 3.8) is 0 Å². The molecule has 1 aliphatic heterocycles. The summed E-state index contributed by atoms with van der Waals surface area (Å²) in [6.07, 6.45) is 1.58. The lowest BCUT2D eigenvalue weighted by molar-refractivity contribution is -0.145. The zero-order chi connectivity index (χ0) is 13.1. The molecule has 0 N–H and O–H groups in total. The first kappa shape index (κ1) is 12.3. The van der Waals surface area contributed by atoms with Gasteiger partial charge in [0, 0.05) is 25.3 Å². The highest BCUT2D eigenvalue weighted by molar-refractivity contribution is 6.41. The highest BCUT2D eigenvalue weighted by Gasteiger charge is 2.32. The van der Waals surface area contributed by atoms with Gasteiger partial charge in [-0.3, -0.25) is 9.59 Å². The number of hydrogen-bond donors (Lipinski definition) is 0. The summed E-state index contributed by atoms with van der Waals surface area (Å²) in [5.74, 6) is -1.51. The van der Waals surface area contributed by atoms with Crippen LogP contribution < -0.4 is 4.90 Å². The van der Waals surface area contributed by atoms with Gasteiger partial charge < -0.3 is 9.80 Å². The van der Waals surface area contributed by atoms with Gasteiger partial charge in [-0.15, -0.1) is 6.58 Å². The first-order chi connectivity index (χ1) is 8.63. The van der Waals surface area contributed by atoms with E-state index in [-0.39, 0.29) is 5.82 Å². The smallest absolute Gasteiger partial charge is 0.316 e. The summed E-state index contributed by atoms with van der Waals surface area (Å²) in [7, 11) is 0. The second-order valence-electron chi connectivity index (χ2n) is 3.97. The number of carbonyl (C=O) groups is 2. The van der Waals surface area contributed by atoms with E-state index in [9.17, 15) is 14.0 Å². The van der Waals surface area contributed by atoms with Gasteiger partial charge in [-0.1, -0.05) is 6.08 Å². The number of nitrogens with zero attached hydrogens (tertiary/aromatic N) is 2. The third-order valence-electron chi connectivity index (χ3n) is 2.80. The molecule has 4 nitrogen and oxygen atoms in total. The van der Waals surface area contributed by atoms with E-state index in [1.165, 1.54) is 34.1 Å². The molecule has 18 heavy (non-hydrogen) atoms. The standard InChI is InChI=1S/C13H13FN2O2/c1-2-7-15-8-9-16(13(18)12(15)17)11-5-3-10(14)4-6-11/h2-6H,1,7-9H2. The monoisotopic (exact) mass is 248 g/mol. The minimum Gasteiger partial charge on any atom is -0.329 e. The van der Waals surface area contributed by atoms with E-state index in [1.54, 1.807) is 6.08 Å². The third-order valence-corrected chi connectivity index (χ3v) is 2.80. The van der Waals surface area contributed by atoms with Crippen LogP contribution in [0, 0.1) is 5.82 Å². The summed E-state index contributed by atoms with van der Waals surface area (Å²) in [6.45, 7) is 4.76. The highest BCUT2D eigenvalue weighted by atomic mass is 19.1. The van der Waals surface area contributed by atoms with Crippen LogP contribution in [-0.2, 0) is 9.59 Å². The fraction of sp³-hybridized carbons (Fsp3) is 0.231. The molecule has 0 atom stereocenters. The van der Waals surface area contributed by atoms with Crippen molar-refractivity contribution in [3.05, 3.63) is 42.7 Å². The average molecular weight is 248 g/mol. The molecule has 1 saturated heterocycles. The van der Waals surface area contributed by atoms with Gasteiger partial charge in [-0.25, -0.2) is 4.39 Å². The van der Waals surface area contributed by atoms with Crippen molar-refractivity contribution in [2.24, 2.45) is 0 Å². The van der Waals surface area contributed by atoms with E-state index in [0.29, 0.717) is 25.3 Å². The Hall–Kier alpha value is -2.17. The molecular weight excluding hydrogens is 235 g/mol. The molecule has 5 heteroatoms. The Morgan fingerprint density at radius 1 is 1.17 bits per heavy atom. The first-order valence-electron chi connectivity index (χ1n) is 5.60. The van der Waals surface area contributed by atoms with Gasteiger partial charge in [0.25, 0.3) is 0 Å². The number of benzene rings is 1. The molecule has 1 aromatic carbocycles. The molecule has 0 spiro atoms. The summed E-state index contributed by atoms with van der Waals surface area (Å²) in [6, 6.07) is 5.51. The largest absolute Gasteiger partial charge is 0.329 e. The predicted molar refractivity (Wildman–Crippen MR) is 65.5 cm³/mol. The zero-order valence-electron chi connectivity index (χ0n) is 9.80. The quantitative estimate of drug-likeness (QED) is 0.595. The van der Waals surface area contributed by atoms with Crippen molar-refractivity contribution in [2.75, 3.05) is 24.5 Å². The van der Waals surface area contributed by atoms with Crippen LogP contribution in [0.5, 0.6) is 0 Å². The number of rotatable bonds is 3. The van der Waals surface area contributed by atoms with Gasteiger partial charge >= 0.3 is 11.8 Å². The molecule has 0 radical (unpaired) electrons. The maximum atomic E-state index is 12.8. The topological polar surface area (TPSA) is 40.6 Å². The van der Waals surface area contributed by atoms with Crippen molar-refractivity contribution < 1.29 is 14.0 Å². The Morgan fingerprint density at radius 3 is 2.44 bits per heavy atom. The Bertz CT molecular complexity index is 484. The molecule has 0 bridgehead atoms. The summed E-state index contributed by atoms with van der Waals surface area (Å²) in [5.41, 5.74) is 0.535. The van der Waals surface area contributed by atoms with Gasteiger partial charge in [0.05, 0.1) is 0 Å². The van der Waals surface area contributed by atoms with Gasteiger partial charge in [0.2, 0.25) is 0 Å². The minimum atomic E-state index is -0.588. The zero-order valence-corrected chi connectivity index (χ0v) is 9.80. The lowest BCUT2D eigenvalue weighted by Crippen LogP contribution is -2.54. The van der Waals surface area contributed by atoms with E-state index in [2.05, 4.69) is 6.58 Å². The molecule has 2 rings (SSSR count). The lowest BCUT2D eigenvalue weighted by Gasteiger charge is -2.33. The number of amides is 2. The summed E-state index contributed by atoms with van der Waals surface area (Å²) >= 11 is 0. The second-order valence-corrected chi connectivity index (χ2v) is 3.97. The summed E-state index contributed by atoms with van der Waals surface area (Å²) in [4.78, 5) is 26.5. The molecule has 0 aliphatic carbocycles. The number of hydrogen-bond acceptors (Lipinski definition) is 2. The summed E-state index contributed by atoms with van der Waals surface area (Å²) < 4.78 is 12.8. The molecule has 1 aliphatic rings. The lowest BCUT2D eigenvalue weighted by atomic mass is 10.2. The van der Waals surface area contributed by atoms with Crippen molar-refractivity contribution in [1.29, 1.82) is 0 Å². The van der Waals surface area contributed by atoms with Crippen LogP contribution in [0.4, 0.5) is 10.1 Å². The van der Waals surface area contributed by atoms with Crippen LogP contribution in [0.1, 0.15) is 0 Å². The Morgan fingerprint density at radius 2 is 1.83 bits per heavy atom. The Labute approximate surface area is 104 Å². The van der Waals surface area contributed by atoms with Crippen molar-refractivity contribution >= 4 is 17.5 Å². The predicted octanol–water partition coefficient (Wildman–Crippen LogP) is 1.19. The molecule has 1 heterocycles. The van der Waals surface area contributed by atoms with Crippen LogP contribution in [-0.4, -0.2) is 36.3 Å². The van der Waals surface area contributed by atoms with Gasteiger partial charge in [-0.2, -0.15) is 0 Å². The fourth-order valence-corrected chi connectivity index (χ4v) is 1.87. The van der Waals surface area contributed by atoms with Crippen molar-refractivity contribution in [3.8, 4) is 0 Å². The molecular formula is C13H13FN2O2. The SMILES string of the molecule is C=CCN1CCN(c2ccc(F)cc2)C(=O)C1=O. The second kappa shape index (κ2) is 5.00. The average Bonchev–Trinajstić information content (AvgIpc) is 2.37. The van der Waals surface area contributed by atoms with Gasteiger partial charge in [0.15, 0.2) is 0 Å². The normalized spacial score (nSPS) is 16.1.